The van der Waals surface area contributed by atoms with Crippen molar-refractivity contribution in [2.45, 2.75) is 18.9 Å². The molecule has 78 valence electrons. The van der Waals surface area contributed by atoms with Gasteiger partial charge in [0.1, 0.15) is 11.9 Å². The molecule has 0 radical (unpaired) electrons. The monoisotopic (exact) mass is 203 g/mol. The summed E-state index contributed by atoms with van der Waals surface area (Å²) in [6.45, 7) is 0.738. The fourth-order valence-electron chi connectivity index (χ4n) is 2.39. The highest BCUT2D eigenvalue weighted by molar-refractivity contribution is 5.80. The third-order valence-corrected chi connectivity index (χ3v) is 3.20. The lowest BCUT2D eigenvalue weighted by Crippen LogP contribution is -2.49. The molecular formula is C12H13NO2. The van der Waals surface area contributed by atoms with Crippen LogP contribution in [-0.4, -0.2) is 18.6 Å². The van der Waals surface area contributed by atoms with Gasteiger partial charge in [0.05, 0.1) is 5.92 Å². The van der Waals surface area contributed by atoms with E-state index >= 15 is 0 Å². The number of nitrogens with one attached hydrogen (secondary N) is 1. The van der Waals surface area contributed by atoms with Gasteiger partial charge in [-0.3, -0.25) is 4.79 Å². The molecule has 1 saturated heterocycles. The van der Waals surface area contributed by atoms with Crippen molar-refractivity contribution < 1.29 is 9.53 Å². The molecule has 2 aliphatic heterocycles. The van der Waals surface area contributed by atoms with E-state index < -0.39 is 0 Å². The minimum Gasteiger partial charge on any atom is -0.489 e. The molecule has 2 heterocycles. The maximum Gasteiger partial charge on any atom is 0.227 e. The van der Waals surface area contributed by atoms with Gasteiger partial charge < -0.3 is 10.1 Å². The number of carbonyl (C=O) groups excluding carboxylic acids is 1. The van der Waals surface area contributed by atoms with Crippen LogP contribution in [0.2, 0.25) is 0 Å². The quantitative estimate of drug-likeness (QED) is 0.686. The van der Waals surface area contributed by atoms with Gasteiger partial charge in [0.15, 0.2) is 0 Å². The highest BCUT2D eigenvalue weighted by Crippen LogP contribution is 2.33. The van der Waals surface area contributed by atoms with E-state index in [1.54, 1.807) is 0 Å². The van der Waals surface area contributed by atoms with Crippen molar-refractivity contribution in [2.24, 2.45) is 5.92 Å². The molecule has 0 saturated carbocycles. The first-order chi connectivity index (χ1) is 7.34. The van der Waals surface area contributed by atoms with Gasteiger partial charge in [0.2, 0.25) is 5.91 Å². The van der Waals surface area contributed by atoms with E-state index in [1.165, 1.54) is 0 Å². The molecule has 3 nitrogen and oxygen atoms in total. The number of hydrogen-bond acceptors (Lipinski definition) is 2. The van der Waals surface area contributed by atoms with Gasteiger partial charge in [0.25, 0.3) is 0 Å². The molecule has 3 heteroatoms. The van der Waals surface area contributed by atoms with E-state index in [0.717, 1.165) is 30.7 Å². The Kier molecular flexibility index (Phi) is 1.91. The molecule has 1 N–H and O–H groups in total. The Morgan fingerprint density at radius 2 is 2.20 bits per heavy atom. The zero-order valence-corrected chi connectivity index (χ0v) is 8.40. The Morgan fingerprint density at radius 3 is 3.13 bits per heavy atom. The first-order valence-electron chi connectivity index (χ1n) is 5.37. The summed E-state index contributed by atoms with van der Waals surface area (Å²) in [5.41, 5.74) is 1.15. The molecule has 0 spiro atoms. The molecule has 1 aromatic rings. The van der Waals surface area contributed by atoms with E-state index in [-0.39, 0.29) is 17.9 Å². The van der Waals surface area contributed by atoms with Crippen LogP contribution < -0.4 is 10.1 Å². The summed E-state index contributed by atoms with van der Waals surface area (Å²) in [5.74, 6) is 1.10. The van der Waals surface area contributed by atoms with Crippen LogP contribution in [0.25, 0.3) is 0 Å². The lowest BCUT2D eigenvalue weighted by molar-refractivity contribution is -0.131. The minimum atomic E-state index is 0.00801. The standard InChI is InChI=1S/C12H13NO2/c14-12-9-7-8-3-1-2-4-10(8)15-11(9)5-6-13-12/h1-4,9,11H,5-7H2,(H,13,14). The number of rotatable bonds is 0. The van der Waals surface area contributed by atoms with Crippen LogP contribution in [0.3, 0.4) is 0 Å². The summed E-state index contributed by atoms with van der Waals surface area (Å²) >= 11 is 0. The van der Waals surface area contributed by atoms with E-state index in [4.69, 9.17) is 4.74 Å². The second-order valence-corrected chi connectivity index (χ2v) is 4.15. The lowest BCUT2D eigenvalue weighted by atomic mass is 9.86. The van der Waals surface area contributed by atoms with Gasteiger partial charge in [-0.15, -0.1) is 0 Å². The summed E-state index contributed by atoms with van der Waals surface area (Å²) in [6, 6.07) is 7.98. The zero-order valence-electron chi connectivity index (χ0n) is 8.40. The smallest absolute Gasteiger partial charge is 0.227 e. The summed E-state index contributed by atoms with van der Waals surface area (Å²) < 4.78 is 5.85. The van der Waals surface area contributed by atoms with Crippen LogP contribution in [0.15, 0.2) is 24.3 Å². The number of carbonyl (C=O) groups is 1. The number of piperidine rings is 1. The third-order valence-electron chi connectivity index (χ3n) is 3.20. The van der Waals surface area contributed by atoms with E-state index in [9.17, 15) is 4.79 Å². The lowest BCUT2D eigenvalue weighted by Gasteiger charge is -2.36. The summed E-state index contributed by atoms with van der Waals surface area (Å²) in [6.07, 6.45) is 1.81. The van der Waals surface area contributed by atoms with E-state index in [2.05, 4.69) is 5.32 Å². The van der Waals surface area contributed by atoms with Crippen LogP contribution in [0.1, 0.15) is 12.0 Å². The molecule has 1 fully saturated rings. The summed E-state index contributed by atoms with van der Waals surface area (Å²) in [7, 11) is 0. The molecule has 1 aromatic carbocycles. The SMILES string of the molecule is O=C1NCCC2Oc3ccccc3CC12. The van der Waals surface area contributed by atoms with Crippen LogP contribution in [0.5, 0.6) is 5.75 Å². The predicted molar refractivity (Wildman–Crippen MR) is 55.7 cm³/mol. The highest BCUT2D eigenvalue weighted by Gasteiger charge is 2.37. The highest BCUT2D eigenvalue weighted by atomic mass is 16.5. The molecule has 2 unspecified atom stereocenters. The number of benzene rings is 1. The molecule has 2 aliphatic rings. The van der Waals surface area contributed by atoms with E-state index in [1.807, 2.05) is 24.3 Å². The first kappa shape index (κ1) is 8.77. The second-order valence-electron chi connectivity index (χ2n) is 4.15. The molecule has 0 aromatic heterocycles. The minimum absolute atomic E-state index is 0.00801. The summed E-state index contributed by atoms with van der Waals surface area (Å²) in [5, 5.41) is 2.89. The van der Waals surface area contributed by atoms with Gasteiger partial charge in [-0.2, -0.15) is 0 Å². The molecular weight excluding hydrogens is 190 g/mol. The topological polar surface area (TPSA) is 38.3 Å². The number of fused-ring (bicyclic) bond motifs is 2. The van der Waals surface area contributed by atoms with Crippen LogP contribution >= 0.6 is 0 Å². The van der Waals surface area contributed by atoms with E-state index in [0.29, 0.717) is 0 Å². The molecule has 15 heavy (non-hydrogen) atoms. The van der Waals surface area contributed by atoms with Crippen molar-refractivity contribution in [1.82, 2.24) is 5.32 Å². The zero-order chi connectivity index (χ0) is 10.3. The molecule has 0 bridgehead atoms. The normalized spacial score (nSPS) is 28.4. The Labute approximate surface area is 88.4 Å². The number of ether oxygens (including phenoxy) is 1. The number of para-hydroxylation sites is 1. The largest absolute Gasteiger partial charge is 0.489 e. The number of amides is 1. The van der Waals surface area contributed by atoms with Crippen molar-refractivity contribution in [2.75, 3.05) is 6.54 Å². The van der Waals surface area contributed by atoms with Crippen molar-refractivity contribution in [3.63, 3.8) is 0 Å². The number of hydrogen-bond donors (Lipinski definition) is 1. The van der Waals surface area contributed by atoms with Crippen molar-refractivity contribution in [3.8, 4) is 5.75 Å². The first-order valence-corrected chi connectivity index (χ1v) is 5.37. The van der Waals surface area contributed by atoms with Gasteiger partial charge in [0, 0.05) is 13.0 Å². The molecule has 3 rings (SSSR count). The van der Waals surface area contributed by atoms with Crippen molar-refractivity contribution >= 4 is 5.91 Å². The maximum absolute atomic E-state index is 11.6. The predicted octanol–water partition coefficient (Wildman–Crippen LogP) is 1.13. The Balaban J connectivity index is 1.95. The second kappa shape index (κ2) is 3.26. The van der Waals surface area contributed by atoms with Crippen LogP contribution in [0, 0.1) is 5.92 Å². The van der Waals surface area contributed by atoms with Gasteiger partial charge in [-0.05, 0) is 18.1 Å². The van der Waals surface area contributed by atoms with Gasteiger partial charge in [-0.1, -0.05) is 18.2 Å². The fourth-order valence-corrected chi connectivity index (χ4v) is 2.39. The Hall–Kier alpha value is -1.51. The average Bonchev–Trinajstić information content (AvgIpc) is 2.27. The molecule has 0 aliphatic carbocycles. The Bertz CT molecular complexity index is 402. The van der Waals surface area contributed by atoms with Gasteiger partial charge in [-0.25, -0.2) is 0 Å². The maximum atomic E-state index is 11.6. The average molecular weight is 203 g/mol. The molecule has 1 amide bonds. The van der Waals surface area contributed by atoms with Crippen molar-refractivity contribution in [3.05, 3.63) is 29.8 Å². The molecule has 2 atom stereocenters. The van der Waals surface area contributed by atoms with Crippen LogP contribution in [-0.2, 0) is 11.2 Å². The van der Waals surface area contributed by atoms with Gasteiger partial charge >= 0.3 is 0 Å². The fraction of sp³-hybridized carbons (Fsp3) is 0.417. The Morgan fingerprint density at radius 1 is 1.33 bits per heavy atom. The van der Waals surface area contributed by atoms with Crippen molar-refractivity contribution in [1.29, 1.82) is 0 Å². The third kappa shape index (κ3) is 1.39. The van der Waals surface area contributed by atoms with Crippen LogP contribution in [0.4, 0.5) is 0 Å². The summed E-state index contributed by atoms with van der Waals surface area (Å²) in [4.78, 5) is 11.6.